The Balaban J connectivity index is 1.81. The third-order valence-electron chi connectivity index (χ3n) is 7.10. The lowest BCUT2D eigenvalue weighted by Crippen LogP contribution is -2.46. The molecule has 0 bridgehead atoms. The standard InChI is InChI=1S/C20H24O2/c1-3-20-11-8-14(21)12-13(20)4-5-15-16-6-7-18(22)19(16,2)10-9-17(15)20/h1,9,12,15-16,18,22H,4-8,10-11H2,2H3/t15-,16-,18?,19-,20-/m0/s1. The molecule has 2 heteroatoms. The Morgan fingerprint density at radius 3 is 2.91 bits per heavy atom. The molecule has 116 valence electrons. The number of fused-ring (bicyclic) bond motifs is 5. The molecule has 0 amide bonds. The van der Waals surface area contributed by atoms with Crippen LogP contribution in [-0.4, -0.2) is 17.0 Å². The highest BCUT2D eigenvalue weighted by atomic mass is 16.3. The summed E-state index contributed by atoms with van der Waals surface area (Å²) in [4.78, 5) is 11.8. The fraction of sp³-hybridized carbons (Fsp3) is 0.650. The minimum absolute atomic E-state index is 0.0235. The maximum Gasteiger partial charge on any atom is 0.155 e. The lowest BCUT2D eigenvalue weighted by atomic mass is 9.51. The van der Waals surface area contributed by atoms with Crippen LogP contribution < -0.4 is 0 Å². The molecular formula is C20H24O2. The van der Waals surface area contributed by atoms with E-state index in [-0.39, 0.29) is 22.7 Å². The van der Waals surface area contributed by atoms with E-state index in [4.69, 9.17) is 6.42 Å². The van der Waals surface area contributed by atoms with Gasteiger partial charge in [-0.3, -0.25) is 4.79 Å². The van der Waals surface area contributed by atoms with Crippen molar-refractivity contribution in [3.05, 3.63) is 23.3 Å². The number of rotatable bonds is 0. The van der Waals surface area contributed by atoms with Crippen LogP contribution in [0, 0.1) is 35.0 Å². The number of carbonyl (C=O) groups is 1. The average Bonchev–Trinajstić information content (AvgIpc) is 2.82. The normalized spacial score (nSPS) is 46.8. The van der Waals surface area contributed by atoms with E-state index in [1.54, 1.807) is 0 Å². The van der Waals surface area contributed by atoms with Gasteiger partial charge >= 0.3 is 0 Å². The lowest BCUT2D eigenvalue weighted by molar-refractivity contribution is -0.115. The Hall–Kier alpha value is -1.33. The number of ketones is 1. The highest BCUT2D eigenvalue weighted by Crippen LogP contribution is 2.62. The Labute approximate surface area is 132 Å². The van der Waals surface area contributed by atoms with E-state index in [0.717, 1.165) is 38.5 Å². The molecule has 4 aliphatic rings. The molecule has 0 saturated heterocycles. The highest BCUT2D eigenvalue weighted by molar-refractivity contribution is 5.92. The first-order chi connectivity index (χ1) is 10.5. The molecule has 1 N–H and O–H groups in total. The zero-order valence-electron chi connectivity index (χ0n) is 13.3. The molecule has 0 radical (unpaired) electrons. The third-order valence-corrected chi connectivity index (χ3v) is 7.10. The Bertz CT molecular complexity index is 635. The summed E-state index contributed by atoms with van der Waals surface area (Å²) in [5.41, 5.74) is 2.30. The Kier molecular flexibility index (Phi) is 2.97. The minimum Gasteiger partial charge on any atom is -0.393 e. The van der Waals surface area contributed by atoms with E-state index in [2.05, 4.69) is 18.9 Å². The molecule has 4 rings (SSSR count). The summed E-state index contributed by atoms with van der Waals surface area (Å²) in [5, 5.41) is 10.4. The second-order valence-corrected chi connectivity index (χ2v) is 7.90. The largest absolute Gasteiger partial charge is 0.393 e. The van der Waals surface area contributed by atoms with E-state index in [1.165, 1.54) is 11.1 Å². The van der Waals surface area contributed by atoms with Gasteiger partial charge in [0.2, 0.25) is 0 Å². The molecule has 0 aromatic rings. The molecule has 2 fully saturated rings. The summed E-state index contributed by atoms with van der Waals surface area (Å²) in [7, 11) is 0. The number of terminal acetylenes is 1. The van der Waals surface area contributed by atoms with Gasteiger partial charge in [-0.15, -0.1) is 6.42 Å². The molecule has 0 spiro atoms. The third kappa shape index (κ3) is 1.64. The van der Waals surface area contributed by atoms with Crippen LogP contribution in [0.4, 0.5) is 0 Å². The van der Waals surface area contributed by atoms with Gasteiger partial charge in [0.15, 0.2) is 5.78 Å². The zero-order chi connectivity index (χ0) is 15.5. The second-order valence-electron chi connectivity index (χ2n) is 7.90. The van der Waals surface area contributed by atoms with Crippen molar-refractivity contribution in [2.75, 3.05) is 0 Å². The van der Waals surface area contributed by atoms with Gasteiger partial charge < -0.3 is 5.11 Å². The van der Waals surface area contributed by atoms with Crippen LogP contribution in [0.2, 0.25) is 0 Å². The number of carbonyl (C=O) groups excluding carboxylic acids is 1. The first kappa shape index (κ1) is 14.3. The monoisotopic (exact) mass is 296 g/mol. The average molecular weight is 296 g/mol. The van der Waals surface area contributed by atoms with Gasteiger partial charge in [-0.2, -0.15) is 0 Å². The molecule has 5 atom stereocenters. The molecule has 0 heterocycles. The maximum atomic E-state index is 11.8. The van der Waals surface area contributed by atoms with E-state index in [1.807, 2.05) is 6.08 Å². The van der Waals surface area contributed by atoms with Gasteiger partial charge in [-0.1, -0.05) is 18.9 Å². The van der Waals surface area contributed by atoms with Crippen molar-refractivity contribution in [3.63, 3.8) is 0 Å². The van der Waals surface area contributed by atoms with Gasteiger partial charge in [0.1, 0.15) is 0 Å². The maximum absolute atomic E-state index is 11.8. The first-order valence-electron chi connectivity index (χ1n) is 8.61. The van der Waals surface area contributed by atoms with Crippen LogP contribution in [0.3, 0.4) is 0 Å². The molecule has 0 aliphatic heterocycles. The molecule has 22 heavy (non-hydrogen) atoms. The van der Waals surface area contributed by atoms with E-state index in [0.29, 0.717) is 18.3 Å². The smallest absolute Gasteiger partial charge is 0.155 e. The Morgan fingerprint density at radius 2 is 2.14 bits per heavy atom. The Morgan fingerprint density at radius 1 is 1.32 bits per heavy atom. The summed E-state index contributed by atoms with van der Waals surface area (Å²) in [6, 6.07) is 0. The fourth-order valence-corrected chi connectivity index (χ4v) is 5.77. The van der Waals surface area contributed by atoms with Crippen molar-refractivity contribution in [2.45, 2.75) is 58.0 Å². The molecule has 4 aliphatic carbocycles. The zero-order valence-corrected chi connectivity index (χ0v) is 13.3. The van der Waals surface area contributed by atoms with Crippen molar-refractivity contribution in [3.8, 4) is 12.3 Å². The number of hydrogen-bond donors (Lipinski definition) is 1. The van der Waals surface area contributed by atoms with Gasteiger partial charge in [0, 0.05) is 11.8 Å². The van der Waals surface area contributed by atoms with Gasteiger partial charge in [-0.05, 0) is 67.6 Å². The van der Waals surface area contributed by atoms with E-state index < -0.39 is 0 Å². The van der Waals surface area contributed by atoms with Gasteiger partial charge in [0.05, 0.1) is 11.5 Å². The summed E-state index contributed by atoms with van der Waals surface area (Å²) in [6.07, 6.45) is 16.3. The molecule has 2 saturated carbocycles. The quantitative estimate of drug-likeness (QED) is 0.549. The predicted octanol–water partition coefficient (Wildman–Crippen LogP) is 3.41. The summed E-state index contributed by atoms with van der Waals surface area (Å²) in [5.74, 6) is 4.37. The topological polar surface area (TPSA) is 37.3 Å². The van der Waals surface area contributed by atoms with E-state index in [9.17, 15) is 9.90 Å². The fourth-order valence-electron chi connectivity index (χ4n) is 5.77. The summed E-state index contributed by atoms with van der Waals surface area (Å²) in [6.45, 7) is 2.25. The van der Waals surface area contributed by atoms with E-state index >= 15 is 0 Å². The van der Waals surface area contributed by atoms with Gasteiger partial charge in [0.25, 0.3) is 0 Å². The molecule has 0 aromatic heterocycles. The van der Waals surface area contributed by atoms with Crippen molar-refractivity contribution < 1.29 is 9.90 Å². The summed E-state index contributed by atoms with van der Waals surface area (Å²) >= 11 is 0. The highest BCUT2D eigenvalue weighted by Gasteiger charge is 2.56. The summed E-state index contributed by atoms with van der Waals surface area (Å²) < 4.78 is 0. The second kappa shape index (κ2) is 4.59. The van der Waals surface area contributed by atoms with Crippen molar-refractivity contribution in [1.29, 1.82) is 0 Å². The SMILES string of the molecule is C#C[C@]12CCC(=O)C=C1CC[C@@H]1C2=CC[C@]2(C)C(O)CC[C@@H]12. The van der Waals surface area contributed by atoms with Crippen molar-refractivity contribution in [1.82, 2.24) is 0 Å². The minimum atomic E-state index is -0.300. The number of hydrogen-bond acceptors (Lipinski definition) is 2. The van der Waals surface area contributed by atoms with Crippen LogP contribution in [0.25, 0.3) is 0 Å². The number of aliphatic hydroxyl groups excluding tert-OH is 1. The van der Waals surface area contributed by atoms with Crippen LogP contribution in [0.15, 0.2) is 23.3 Å². The van der Waals surface area contributed by atoms with Crippen molar-refractivity contribution in [2.24, 2.45) is 22.7 Å². The molecule has 2 nitrogen and oxygen atoms in total. The van der Waals surface area contributed by atoms with Crippen LogP contribution >= 0.6 is 0 Å². The van der Waals surface area contributed by atoms with Crippen LogP contribution in [0.5, 0.6) is 0 Å². The van der Waals surface area contributed by atoms with Gasteiger partial charge in [-0.25, -0.2) is 0 Å². The number of allylic oxidation sites excluding steroid dienone is 4. The molecule has 0 aromatic carbocycles. The van der Waals surface area contributed by atoms with Crippen LogP contribution in [0.1, 0.15) is 51.9 Å². The molecular weight excluding hydrogens is 272 g/mol. The van der Waals surface area contributed by atoms with Crippen LogP contribution in [-0.2, 0) is 4.79 Å². The lowest BCUT2D eigenvalue weighted by Gasteiger charge is -2.52. The number of aliphatic hydroxyl groups is 1. The first-order valence-corrected chi connectivity index (χ1v) is 8.61. The predicted molar refractivity (Wildman–Crippen MR) is 85.9 cm³/mol. The van der Waals surface area contributed by atoms with Crippen molar-refractivity contribution >= 4 is 5.78 Å². The molecule has 1 unspecified atom stereocenters.